The highest BCUT2D eigenvalue weighted by atomic mass is 16.5. The van der Waals surface area contributed by atoms with Gasteiger partial charge in [0, 0.05) is 45.0 Å². The van der Waals surface area contributed by atoms with Gasteiger partial charge in [0.1, 0.15) is 5.75 Å². The minimum atomic E-state index is 0.274. The molecule has 0 radical (unpaired) electrons. The number of rotatable bonds is 5. The highest BCUT2D eigenvalue weighted by molar-refractivity contribution is 6.09. The van der Waals surface area contributed by atoms with Crippen LogP contribution in [0, 0.1) is 0 Å². The minimum absolute atomic E-state index is 0.274. The fourth-order valence-electron chi connectivity index (χ4n) is 10.5. The van der Waals surface area contributed by atoms with Crippen LogP contribution in [0.2, 0.25) is 0 Å². The van der Waals surface area contributed by atoms with Crippen molar-refractivity contribution >= 4 is 39.5 Å². The first-order valence-corrected chi connectivity index (χ1v) is 21.8. The predicted molar refractivity (Wildman–Crippen MR) is 250 cm³/mol. The molecule has 1 atom stereocenters. The summed E-state index contributed by atoms with van der Waals surface area (Å²) >= 11 is 0. The molecule has 3 heterocycles. The molecule has 0 saturated heterocycles. The Balaban J connectivity index is 0.959. The third-order valence-corrected chi connectivity index (χ3v) is 13.4. The average Bonchev–Trinajstić information content (AvgIpc) is 3.82. The smallest absolute Gasteiger partial charge is 0.126 e. The summed E-state index contributed by atoms with van der Waals surface area (Å²) < 4.78 is 11.4. The van der Waals surface area contributed by atoms with E-state index in [4.69, 9.17) is 4.74 Å². The van der Waals surface area contributed by atoms with E-state index in [1.807, 2.05) is 0 Å². The maximum atomic E-state index is 6.37. The number of benzene rings is 6. The summed E-state index contributed by atoms with van der Waals surface area (Å²) in [5.74, 6) is 1.31. The zero-order valence-corrected chi connectivity index (χ0v) is 33.8. The van der Waals surface area contributed by atoms with Crippen LogP contribution < -0.4 is 4.74 Å². The molecule has 8 aromatic rings. The minimum Gasteiger partial charge on any atom is -0.493 e. The lowest BCUT2D eigenvalue weighted by molar-refractivity contribution is 0.308. The van der Waals surface area contributed by atoms with Crippen molar-refractivity contribution in [3.63, 3.8) is 0 Å². The topological polar surface area (TPSA) is 19.1 Å². The van der Waals surface area contributed by atoms with Crippen LogP contribution in [0.15, 0.2) is 169 Å². The summed E-state index contributed by atoms with van der Waals surface area (Å²) in [5.41, 5.74) is 21.0. The van der Waals surface area contributed by atoms with Crippen molar-refractivity contribution in [1.82, 2.24) is 9.13 Å². The van der Waals surface area contributed by atoms with E-state index in [0.29, 0.717) is 0 Å². The molecular formula is C57H46N2O. The van der Waals surface area contributed by atoms with E-state index in [1.54, 1.807) is 0 Å². The van der Waals surface area contributed by atoms with Crippen LogP contribution in [0.25, 0.3) is 73.2 Å². The molecule has 2 aromatic heterocycles. The van der Waals surface area contributed by atoms with Gasteiger partial charge in [0.25, 0.3) is 0 Å². The van der Waals surface area contributed by atoms with Crippen LogP contribution in [0.3, 0.4) is 0 Å². The largest absolute Gasteiger partial charge is 0.493 e. The molecule has 3 aliphatic carbocycles. The molecule has 60 heavy (non-hydrogen) atoms. The Hall–Kier alpha value is -6.84. The number of hydrogen-bond donors (Lipinski definition) is 0. The van der Waals surface area contributed by atoms with E-state index in [0.717, 1.165) is 57.3 Å². The number of ether oxygens (including phenoxy) is 1. The molecule has 1 aliphatic heterocycles. The van der Waals surface area contributed by atoms with Gasteiger partial charge in [0.2, 0.25) is 0 Å². The standard InChI is InChI=1S/C57H46N2O/c1-3-14-38(15-4-1)43-32-44(39-16-5-2-6-17-39)34-46(33-43)59-54-24-12-10-22-49(54)51-36-42(26-29-56(51)59)41-25-28-55-50(35-41)48-21-9-11-23-53(48)58(55)45-27-30-57-52(37-45)47-20-8-7-18-40(47)19-13-31-60-57/h1-7,9-10,12,14-18,21-22,24-30,32-34,36-37,41H,8,11,13,19-20,23,31,35H2. The zero-order chi connectivity index (χ0) is 39.6. The van der Waals surface area contributed by atoms with Crippen LogP contribution in [0.5, 0.6) is 5.75 Å². The molecule has 290 valence electrons. The molecule has 0 N–H and O–H groups in total. The third kappa shape index (κ3) is 5.86. The maximum absolute atomic E-state index is 6.37. The van der Waals surface area contributed by atoms with E-state index >= 15 is 0 Å². The molecule has 3 nitrogen and oxygen atoms in total. The maximum Gasteiger partial charge on any atom is 0.126 e. The second-order valence-corrected chi connectivity index (χ2v) is 16.9. The number of nitrogens with zero attached hydrogens (tertiary/aromatic N) is 2. The van der Waals surface area contributed by atoms with Crippen LogP contribution in [-0.4, -0.2) is 15.7 Å². The highest BCUT2D eigenvalue weighted by Crippen LogP contribution is 2.44. The molecular weight excluding hydrogens is 729 g/mol. The Kier molecular flexibility index (Phi) is 8.47. The van der Waals surface area contributed by atoms with Gasteiger partial charge in [-0.05, 0) is 156 Å². The number of fused-ring (bicyclic) bond motifs is 8. The van der Waals surface area contributed by atoms with Crippen LogP contribution in [-0.2, 0) is 12.8 Å². The lowest BCUT2D eigenvalue weighted by Crippen LogP contribution is -2.10. The van der Waals surface area contributed by atoms with Crippen LogP contribution in [0.1, 0.15) is 71.7 Å². The van der Waals surface area contributed by atoms with Crippen LogP contribution in [0.4, 0.5) is 0 Å². The van der Waals surface area contributed by atoms with Crippen LogP contribution >= 0.6 is 0 Å². The fourth-order valence-corrected chi connectivity index (χ4v) is 10.5. The second-order valence-electron chi connectivity index (χ2n) is 16.9. The van der Waals surface area contributed by atoms with Crippen molar-refractivity contribution in [2.45, 2.75) is 50.9 Å². The van der Waals surface area contributed by atoms with Crippen molar-refractivity contribution < 1.29 is 4.74 Å². The molecule has 0 fully saturated rings. The SMILES string of the molecule is C1=CC2=C(CC1)c1cc(-n3c4c(c5c3CCC=C5)CC(c3ccc5c(c3)c3ccccc3n5-c3cc(-c5ccccc5)cc(-c5ccccc5)c3)C=C4)ccc1OCCC2. The Labute approximate surface area is 351 Å². The molecule has 0 amide bonds. The lowest BCUT2D eigenvalue weighted by atomic mass is 9.85. The van der Waals surface area contributed by atoms with Gasteiger partial charge < -0.3 is 13.9 Å². The van der Waals surface area contributed by atoms with Gasteiger partial charge >= 0.3 is 0 Å². The van der Waals surface area contributed by atoms with Gasteiger partial charge in [-0.2, -0.15) is 0 Å². The first-order valence-electron chi connectivity index (χ1n) is 21.8. The van der Waals surface area contributed by atoms with Crippen molar-refractivity contribution in [2.24, 2.45) is 0 Å². The molecule has 0 bridgehead atoms. The summed E-state index contributed by atoms with van der Waals surface area (Å²) in [5, 5.41) is 2.57. The normalized spacial score (nSPS) is 16.8. The molecule has 0 saturated carbocycles. The van der Waals surface area contributed by atoms with E-state index in [9.17, 15) is 0 Å². The highest BCUT2D eigenvalue weighted by Gasteiger charge is 2.29. The Bertz CT molecular complexity index is 3060. The average molecular weight is 775 g/mol. The van der Waals surface area contributed by atoms with Crippen molar-refractivity contribution in [3.8, 4) is 39.4 Å². The summed E-state index contributed by atoms with van der Waals surface area (Å²) in [7, 11) is 0. The van der Waals surface area contributed by atoms with E-state index in [2.05, 4.69) is 185 Å². The number of aromatic nitrogens is 2. The summed E-state index contributed by atoms with van der Waals surface area (Å²) in [6.45, 7) is 0.767. The van der Waals surface area contributed by atoms with Gasteiger partial charge in [-0.25, -0.2) is 0 Å². The predicted octanol–water partition coefficient (Wildman–Crippen LogP) is 14.5. The molecule has 1 unspecified atom stereocenters. The van der Waals surface area contributed by atoms with Gasteiger partial charge in [0.15, 0.2) is 0 Å². The summed E-state index contributed by atoms with van der Waals surface area (Å²) in [6, 6.07) is 51.7. The monoisotopic (exact) mass is 774 g/mol. The van der Waals surface area contributed by atoms with Crippen molar-refractivity contribution in [2.75, 3.05) is 6.61 Å². The lowest BCUT2D eigenvalue weighted by Gasteiger charge is -2.24. The molecule has 12 rings (SSSR count). The third-order valence-electron chi connectivity index (χ3n) is 13.4. The molecule has 4 aliphatic rings. The Morgan fingerprint density at radius 2 is 1.30 bits per heavy atom. The fraction of sp³-hybridized carbons (Fsp3) is 0.158. The Morgan fingerprint density at radius 3 is 2.13 bits per heavy atom. The number of hydrogen-bond acceptors (Lipinski definition) is 1. The zero-order valence-electron chi connectivity index (χ0n) is 33.8. The first kappa shape index (κ1) is 35.1. The van der Waals surface area contributed by atoms with Crippen molar-refractivity contribution in [1.29, 1.82) is 0 Å². The molecule has 3 heteroatoms. The van der Waals surface area contributed by atoms with E-state index in [-0.39, 0.29) is 5.92 Å². The summed E-state index contributed by atoms with van der Waals surface area (Å²) in [6.07, 6.45) is 21.8. The molecule has 0 spiro atoms. The van der Waals surface area contributed by atoms with Gasteiger partial charge in [-0.3, -0.25) is 0 Å². The quantitative estimate of drug-likeness (QED) is 0.170. The van der Waals surface area contributed by atoms with E-state index in [1.165, 1.54) is 100 Å². The van der Waals surface area contributed by atoms with Crippen molar-refractivity contribution in [3.05, 3.63) is 203 Å². The van der Waals surface area contributed by atoms with Gasteiger partial charge in [-0.15, -0.1) is 0 Å². The molecule has 6 aromatic carbocycles. The number of allylic oxidation sites excluding steroid dienone is 6. The summed E-state index contributed by atoms with van der Waals surface area (Å²) in [4.78, 5) is 0. The number of para-hydroxylation sites is 1. The second kappa shape index (κ2) is 14.5. The van der Waals surface area contributed by atoms with E-state index < -0.39 is 0 Å². The van der Waals surface area contributed by atoms with Gasteiger partial charge in [-0.1, -0.05) is 115 Å². The first-order chi connectivity index (χ1) is 29.7. The Morgan fingerprint density at radius 1 is 0.550 bits per heavy atom. The van der Waals surface area contributed by atoms with Gasteiger partial charge in [0.05, 0.1) is 17.6 Å².